The minimum absolute atomic E-state index is 0.0297. The van der Waals surface area contributed by atoms with Crippen molar-refractivity contribution in [3.8, 4) is 0 Å². The molecule has 2 aromatic rings. The largest absolute Gasteiger partial charge is 0.345 e. The molecule has 1 aromatic carbocycles. The van der Waals surface area contributed by atoms with Gasteiger partial charge in [0.25, 0.3) is 11.6 Å². The van der Waals surface area contributed by atoms with E-state index < -0.39 is 15.8 Å². The highest BCUT2D eigenvalue weighted by Crippen LogP contribution is 2.27. The van der Waals surface area contributed by atoms with Crippen LogP contribution in [0.4, 0.5) is 15.8 Å². The van der Waals surface area contributed by atoms with Crippen LogP contribution in [-0.4, -0.2) is 20.7 Å². The highest BCUT2D eigenvalue weighted by atomic mass is 79.9. The molecule has 0 atom stereocenters. The van der Waals surface area contributed by atoms with Crippen molar-refractivity contribution in [2.75, 3.05) is 5.32 Å². The van der Waals surface area contributed by atoms with E-state index in [0.29, 0.717) is 15.8 Å². The van der Waals surface area contributed by atoms with E-state index >= 15 is 0 Å². The Labute approximate surface area is 129 Å². The van der Waals surface area contributed by atoms with Crippen LogP contribution in [0.2, 0.25) is 0 Å². The zero-order valence-corrected chi connectivity index (χ0v) is 12.4. The van der Waals surface area contributed by atoms with Crippen LogP contribution in [0.1, 0.15) is 10.4 Å². The number of amides is 1. The van der Waals surface area contributed by atoms with E-state index in [2.05, 4.69) is 26.2 Å². The highest BCUT2D eigenvalue weighted by Gasteiger charge is 2.18. The third kappa shape index (κ3) is 3.38. The van der Waals surface area contributed by atoms with Gasteiger partial charge in [-0.05, 0) is 33.3 Å². The number of nitrogens with zero attached hydrogens (tertiary/aromatic N) is 3. The second-order valence-electron chi connectivity index (χ2n) is 3.64. The Kier molecular flexibility index (Phi) is 4.23. The minimum atomic E-state index is -0.658. The number of benzene rings is 1. The van der Waals surface area contributed by atoms with Crippen LogP contribution in [0.15, 0.2) is 28.9 Å². The van der Waals surface area contributed by atoms with Gasteiger partial charge in [-0.15, -0.1) is 0 Å². The van der Waals surface area contributed by atoms with Gasteiger partial charge in [-0.2, -0.15) is 0 Å². The molecule has 0 unspecified atom stereocenters. The molecule has 0 bridgehead atoms. The maximum atomic E-state index is 12.0. The molecule has 0 saturated carbocycles. The number of thiazole rings is 1. The van der Waals surface area contributed by atoms with Gasteiger partial charge in [0.1, 0.15) is 6.20 Å². The van der Waals surface area contributed by atoms with Crippen LogP contribution in [0.5, 0.6) is 0 Å². The number of rotatable bonds is 4. The summed E-state index contributed by atoms with van der Waals surface area (Å²) < 4.78 is 0.358. The summed E-state index contributed by atoms with van der Waals surface area (Å²) in [6.45, 7) is 0. The summed E-state index contributed by atoms with van der Waals surface area (Å²) >= 11 is 3.80. The number of aromatic nitrogens is 1. The lowest BCUT2D eigenvalue weighted by atomic mass is 10.2. The average Bonchev–Trinajstić information content (AvgIpc) is 2.87. The van der Waals surface area contributed by atoms with Crippen molar-refractivity contribution in [3.63, 3.8) is 0 Å². The van der Waals surface area contributed by atoms with E-state index in [9.17, 15) is 25.0 Å². The van der Waals surface area contributed by atoms with Crippen LogP contribution in [-0.2, 0) is 0 Å². The molecule has 0 aliphatic heterocycles. The van der Waals surface area contributed by atoms with Crippen LogP contribution in [0.25, 0.3) is 0 Å². The molecule has 1 amide bonds. The Morgan fingerprint density at radius 3 is 2.57 bits per heavy atom. The number of hydrogen-bond acceptors (Lipinski definition) is 7. The molecule has 1 N–H and O–H groups in total. The van der Waals surface area contributed by atoms with Crippen LogP contribution >= 0.6 is 27.3 Å². The van der Waals surface area contributed by atoms with Crippen LogP contribution in [0.3, 0.4) is 0 Å². The Morgan fingerprint density at radius 1 is 1.29 bits per heavy atom. The Hall–Kier alpha value is -2.40. The lowest BCUT2D eigenvalue weighted by Crippen LogP contribution is -2.12. The molecule has 2 rings (SSSR count). The van der Waals surface area contributed by atoms with E-state index in [0.717, 1.165) is 12.3 Å². The SMILES string of the molecule is O=C(Nc1ncc([N+](=O)[O-])s1)c1cc([N+](=O)[O-])ccc1Br. The Balaban J connectivity index is 2.25. The first-order valence-corrected chi connectivity index (χ1v) is 6.85. The number of anilines is 1. The number of nitro groups is 2. The fourth-order valence-corrected chi connectivity index (χ4v) is 2.43. The fourth-order valence-electron chi connectivity index (χ4n) is 1.37. The van der Waals surface area contributed by atoms with Gasteiger partial charge < -0.3 is 0 Å². The summed E-state index contributed by atoms with van der Waals surface area (Å²) in [6.07, 6.45) is 1.02. The molecule has 0 aliphatic carbocycles. The van der Waals surface area contributed by atoms with Gasteiger partial charge >= 0.3 is 5.00 Å². The predicted molar refractivity (Wildman–Crippen MR) is 77.5 cm³/mol. The number of non-ortho nitro benzene ring substituents is 1. The number of hydrogen-bond donors (Lipinski definition) is 1. The summed E-state index contributed by atoms with van der Waals surface area (Å²) in [5.74, 6) is -0.658. The first-order valence-electron chi connectivity index (χ1n) is 5.24. The predicted octanol–water partition coefficient (Wildman–Crippen LogP) is 2.97. The summed E-state index contributed by atoms with van der Waals surface area (Å²) in [6, 6.07) is 3.72. The maximum absolute atomic E-state index is 12.0. The van der Waals surface area contributed by atoms with Gasteiger partial charge in [-0.1, -0.05) is 0 Å². The topological polar surface area (TPSA) is 128 Å². The second kappa shape index (κ2) is 5.93. The van der Waals surface area contributed by atoms with Crippen molar-refractivity contribution in [1.82, 2.24) is 4.98 Å². The molecule has 1 heterocycles. The Bertz CT molecular complexity index is 747. The van der Waals surface area contributed by atoms with Crippen molar-refractivity contribution in [1.29, 1.82) is 0 Å². The number of halogens is 1. The average molecular weight is 373 g/mol. The summed E-state index contributed by atoms with van der Waals surface area (Å²) in [4.78, 5) is 35.7. The van der Waals surface area contributed by atoms with Crippen molar-refractivity contribution < 1.29 is 14.6 Å². The smallest absolute Gasteiger partial charge is 0.298 e. The number of nitro benzene ring substituents is 1. The molecule has 0 radical (unpaired) electrons. The molecule has 1 aromatic heterocycles. The van der Waals surface area contributed by atoms with Gasteiger partial charge in [0, 0.05) is 16.6 Å². The zero-order chi connectivity index (χ0) is 15.6. The van der Waals surface area contributed by atoms with Crippen molar-refractivity contribution in [2.24, 2.45) is 0 Å². The van der Waals surface area contributed by atoms with Gasteiger partial charge in [-0.25, -0.2) is 4.98 Å². The highest BCUT2D eigenvalue weighted by molar-refractivity contribution is 9.10. The van der Waals surface area contributed by atoms with E-state index in [1.807, 2.05) is 0 Å². The maximum Gasteiger partial charge on any atom is 0.345 e. The first kappa shape index (κ1) is 15.0. The van der Waals surface area contributed by atoms with Crippen molar-refractivity contribution >= 4 is 49.0 Å². The van der Waals surface area contributed by atoms with Crippen molar-refractivity contribution in [2.45, 2.75) is 0 Å². The molecule has 108 valence electrons. The zero-order valence-electron chi connectivity index (χ0n) is 9.98. The molecule has 0 spiro atoms. The lowest BCUT2D eigenvalue weighted by molar-refractivity contribution is -0.384. The molecular formula is C10H5BrN4O5S. The van der Waals surface area contributed by atoms with Crippen molar-refractivity contribution in [3.05, 3.63) is 54.7 Å². The van der Waals surface area contributed by atoms with Gasteiger partial charge in [0.2, 0.25) is 0 Å². The molecule has 0 saturated heterocycles. The van der Waals surface area contributed by atoms with Gasteiger partial charge in [0.05, 0.1) is 15.4 Å². The standard InChI is InChI=1S/C10H5BrN4O5S/c11-7-2-1-5(14(17)18)3-6(7)9(16)13-10-12-4-8(21-10)15(19)20/h1-4H,(H,12,13,16). The van der Waals surface area contributed by atoms with E-state index in [1.54, 1.807) is 0 Å². The van der Waals surface area contributed by atoms with Gasteiger partial charge in [0.15, 0.2) is 5.13 Å². The normalized spacial score (nSPS) is 10.1. The summed E-state index contributed by atoms with van der Waals surface area (Å²) in [7, 11) is 0. The third-order valence-electron chi connectivity index (χ3n) is 2.30. The summed E-state index contributed by atoms with van der Waals surface area (Å²) in [5, 5.41) is 23.4. The molecule has 21 heavy (non-hydrogen) atoms. The fraction of sp³-hybridized carbons (Fsp3) is 0. The molecule has 0 fully saturated rings. The number of nitrogens with one attached hydrogen (secondary N) is 1. The van der Waals surface area contributed by atoms with E-state index in [-0.39, 0.29) is 21.4 Å². The third-order valence-corrected chi connectivity index (χ3v) is 3.86. The molecule has 9 nitrogen and oxygen atoms in total. The Morgan fingerprint density at radius 2 is 2.00 bits per heavy atom. The monoisotopic (exact) mass is 372 g/mol. The first-order chi connectivity index (χ1) is 9.88. The van der Waals surface area contributed by atoms with Crippen LogP contribution in [0, 0.1) is 20.2 Å². The van der Waals surface area contributed by atoms with E-state index in [1.165, 1.54) is 12.1 Å². The van der Waals surface area contributed by atoms with E-state index in [4.69, 9.17) is 0 Å². The number of carbonyl (C=O) groups excluding carboxylic acids is 1. The van der Waals surface area contributed by atoms with Crippen LogP contribution < -0.4 is 5.32 Å². The summed E-state index contributed by atoms with van der Waals surface area (Å²) in [5.41, 5.74) is -0.212. The number of carbonyl (C=O) groups is 1. The molecule has 11 heteroatoms. The quantitative estimate of drug-likeness (QED) is 0.648. The lowest BCUT2D eigenvalue weighted by Gasteiger charge is -2.03. The second-order valence-corrected chi connectivity index (χ2v) is 5.50. The van der Waals surface area contributed by atoms with Gasteiger partial charge in [-0.3, -0.25) is 30.3 Å². The molecular weight excluding hydrogens is 368 g/mol. The molecule has 0 aliphatic rings. The minimum Gasteiger partial charge on any atom is -0.298 e.